The molecule has 0 saturated carbocycles. The fraction of sp³-hybridized carbons (Fsp3) is 0.480. The molecule has 3 aliphatic rings. The van der Waals surface area contributed by atoms with Gasteiger partial charge < -0.3 is 19.5 Å². The van der Waals surface area contributed by atoms with Crippen molar-refractivity contribution in [2.24, 2.45) is 11.8 Å². The number of carbonyl (C=O) groups is 1. The second kappa shape index (κ2) is 8.78. The van der Waals surface area contributed by atoms with Gasteiger partial charge in [0.1, 0.15) is 11.3 Å². The number of hydrogen-bond acceptors (Lipinski definition) is 4. The Hall–Kier alpha value is -2.37. The first-order valence-electron chi connectivity index (χ1n) is 10.8. The molecule has 5 rings (SSSR count). The molecule has 0 aromatic heterocycles. The van der Waals surface area contributed by atoms with Crippen LogP contribution in [0.1, 0.15) is 40.7 Å². The van der Waals surface area contributed by atoms with Crippen LogP contribution in [0, 0.1) is 11.8 Å². The summed E-state index contributed by atoms with van der Waals surface area (Å²) in [6.07, 6.45) is 4.12. The minimum atomic E-state index is -0.971. The van der Waals surface area contributed by atoms with Gasteiger partial charge in [-0.2, -0.15) is 0 Å². The van der Waals surface area contributed by atoms with Gasteiger partial charge in [-0.15, -0.1) is 0 Å². The number of carboxylic acids is 1. The van der Waals surface area contributed by atoms with E-state index in [1.54, 1.807) is 6.07 Å². The Morgan fingerprint density at radius 1 is 1.13 bits per heavy atom. The number of aromatic carboxylic acids is 1. The van der Waals surface area contributed by atoms with Crippen molar-refractivity contribution in [2.45, 2.75) is 31.3 Å². The van der Waals surface area contributed by atoms with Gasteiger partial charge in [-0.05, 0) is 68.0 Å². The molecule has 5 heteroatoms. The first-order valence-corrected chi connectivity index (χ1v) is 10.8. The quantitative estimate of drug-likeness (QED) is 0.708. The van der Waals surface area contributed by atoms with E-state index in [-0.39, 0.29) is 11.2 Å². The molecule has 3 aliphatic heterocycles. The average molecular weight is 410 g/mol. The van der Waals surface area contributed by atoms with Crippen LogP contribution in [-0.2, 0) is 16.8 Å². The lowest BCUT2D eigenvalue weighted by Gasteiger charge is -2.53. The van der Waals surface area contributed by atoms with E-state index in [9.17, 15) is 9.90 Å². The van der Waals surface area contributed by atoms with E-state index >= 15 is 0 Å². The molecule has 2 unspecified atom stereocenters. The predicted molar refractivity (Wildman–Crippen MR) is 116 cm³/mol. The first-order chi connectivity index (χ1) is 14.6. The second-order valence-corrected chi connectivity index (χ2v) is 8.54. The largest absolute Gasteiger partial charge is 0.496 e. The van der Waals surface area contributed by atoms with E-state index in [2.05, 4.69) is 35.2 Å². The number of hydrogen-bond donors (Lipinski definition) is 1. The fourth-order valence-corrected chi connectivity index (χ4v) is 5.53. The standard InChI is InChI=1S/C25H31NO4/c1-29-23-16-18(8-9-21(23)24(27)28)10-13-25(30-2,20-6-4-3-5-7-20)22-17-26-14-11-19(22)12-15-26/h3-9,16,19,22H,10-15,17H2,1-2H3,(H,27,28). The third-order valence-electron chi connectivity index (χ3n) is 7.16. The van der Waals surface area contributed by atoms with Crippen LogP contribution in [0.4, 0.5) is 0 Å². The summed E-state index contributed by atoms with van der Waals surface area (Å²) in [4.78, 5) is 14.0. The number of ether oxygens (including phenoxy) is 2. The van der Waals surface area contributed by atoms with Crippen molar-refractivity contribution in [3.05, 3.63) is 65.2 Å². The number of nitrogens with zero attached hydrogens (tertiary/aromatic N) is 1. The highest BCUT2D eigenvalue weighted by Gasteiger charge is 2.48. The van der Waals surface area contributed by atoms with Crippen LogP contribution in [0.2, 0.25) is 0 Å². The molecule has 3 heterocycles. The molecule has 0 aliphatic carbocycles. The van der Waals surface area contributed by atoms with Crippen molar-refractivity contribution in [3.8, 4) is 5.75 Å². The van der Waals surface area contributed by atoms with Crippen molar-refractivity contribution in [1.82, 2.24) is 4.90 Å². The molecule has 0 amide bonds. The molecule has 2 aromatic rings. The van der Waals surface area contributed by atoms with Gasteiger partial charge in [0.25, 0.3) is 0 Å². The Morgan fingerprint density at radius 2 is 1.87 bits per heavy atom. The van der Waals surface area contributed by atoms with Crippen molar-refractivity contribution < 1.29 is 19.4 Å². The molecule has 160 valence electrons. The van der Waals surface area contributed by atoms with Crippen LogP contribution < -0.4 is 4.74 Å². The smallest absolute Gasteiger partial charge is 0.339 e. The molecular weight excluding hydrogens is 378 g/mol. The average Bonchev–Trinajstić information content (AvgIpc) is 2.81. The number of rotatable bonds is 8. The first kappa shape index (κ1) is 20.9. The highest BCUT2D eigenvalue weighted by molar-refractivity contribution is 5.90. The zero-order chi connectivity index (χ0) is 21.1. The fourth-order valence-electron chi connectivity index (χ4n) is 5.53. The van der Waals surface area contributed by atoms with Gasteiger partial charge >= 0.3 is 5.97 Å². The summed E-state index contributed by atoms with van der Waals surface area (Å²) in [6.45, 7) is 3.47. The number of carboxylic acid groups (broad SMARTS) is 1. The Bertz CT molecular complexity index is 876. The molecule has 1 N–H and O–H groups in total. The van der Waals surface area contributed by atoms with Crippen LogP contribution in [0.3, 0.4) is 0 Å². The van der Waals surface area contributed by atoms with E-state index in [1.807, 2.05) is 19.2 Å². The third kappa shape index (κ3) is 3.84. The van der Waals surface area contributed by atoms with Gasteiger partial charge in [0, 0.05) is 19.6 Å². The Balaban J connectivity index is 1.65. The van der Waals surface area contributed by atoms with Gasteiger partial charge in [0.2, 0.25) is 0 Å². The zero-order valence-electron chi connectivity index (χ0n) is 17.8. The van der Waals surface area contributed by atoms with Gasteiger partial charge in [0.05, 0.1) is 12.7 Å². The molecule has 3 saturated heterocycles. The molecule has 3 fully saturated rings. The van der Waals surface area contributed by atoms with Gasteiger partial charge in [0.15, 0.2) is 0 Å². The Morgan fingerprint density at radius 3 is 2.43 bits per heavy atom. The van der Waals surface area contributed by atoms with Crippen molar-refractivity contribution in [1.29, 1.82) is 0 Å². The van der Waals surface area contributed by atoms with E-state index < -0.39 is 5.97 Å². The van der Waals surface area contributed by atoms with Gasteiger partial charge in [-0.25, -0.2) is 4.79 Å². The summed E-state index contributed by atoms with van der Waals surface area (Å²) >= 11 is 0. The van der Waals surface area contributed by atoms with Crippen LogP contribution in [0.15, 0.2) is 48.5 Å². The van der Waals surface area contributed by atoms with Crippen LogP contribution in [0.25, 0.3) is 0 Å². The van der Waals surface area contributed by atoms with Crippen molar-refractivity contribution >= 4 is 5.97 Å². The number of fused-ring (bicyclic) bond motifs is 3. The predicted octanol–water partition coefficient (Wildman–Crippen LogP) is 4.21. The normalized spacial score (nSPS) is 24.9. The van der Waals surface area contributed by atoms with Crippen LogP contribution in [0.5, 0.6) is 5.75 Å². The van der Waals surface area contributed by atoms with Gasteiger partial charge in [-0.1, -0.05) is 36.4 Å². The number of benzene rings is 2. The molecule has 2 aromatic carbocycles. The lowest BCUT2D eigenvalue weighted by Crippen LogP contribution is -2.55. The maximum absolute atomic E-state index is 11.4. The van der Waals surface area contributed by atoms with Gasteiger partial charge in [-0.3, -0.25) is 0 Å². The van der Waals surface area contributed by atoms with E-state index in [4.69, 9.17) is 9.47 Å². The van der Waals surface area contributed by atoms with E-state index in [0.29, 0.717) is 17.6 Å². The molecule has 5 nitrogen and oxygen atoms in total. The second-order valence-electron chi connectivity index (χ2n) is 8.54. The highest BCUT2D eigenvalue weighted by Crippen LogP contribution is 2.47. The summed E-state index contributed by atoms with van der Waals surface area (Å²) in [5.74, 6) is 0.568. The van der Waals surface area contributed by atoms with Crippen molar-refractivity contribution in [2.75, 3.05) is 33.9 Å². The van der Waals surface area contributed by atoms with Crippen LogP contribution in [-0.4, -0.2) is 49.8 Å². The number of piperidine rings is 3. The van der Waals surface area contributed by atoms with E-state index in [0.717, 1.165) is 24.9 Å². The zero-order valence-corrected chi connectivity index (χ0v) is 17.8. The molecule has 0 radical (unpaired) electrons. The summed E-state index contributed by atoms with van der Waals surface area (Å²) in [5, 5.41) is 9.36. The Kier molecular flexibility index (Phi) is 6.11. The monoisotopic (exact) mass is 409 g/mol. The maximum atomic E-state index is 11.4. The van der Waals surface area contributed by atoms with E-state index in [1.165, 1.54) is 38.6 Å². The lowest BCUT2D eigenvalue weighted by molar-refractivity contribution is -0.129. The molecule has 0 spiro atoms. The molecule has 2 bridgehead atoms. The molecule has 2 atom stereocenters. The summed E-state index contributed by atoms with van der Waals surface area (Å²) < 4.78 is 11.7. The molecule has 30 heavy (non-hydrogen) atoms. The SMILES string of the molecule is COc1cc(CCC(OC)(c2ccccc2)C2CN3CCC2CC3)ccc1C(=O)O. The maximum Gasteiger partial charge on any atom is 0.339 e. The summed E-state index contributed by atoms with van der Waals surface area (Å²) in [7, 11) is 3.36. The minimum Gasteiger partial charge on any atom is -0.496 e. The highest BCUT2D eigenvalue weighted by atomic mass is 16.5. The molecular formula is C25H31NO4. The summed E-state index contributed by atoms with van der Waals surface area (Å²) in [5.41, 5.74) is 2.14. The van der Waals surface area contributed by atoms with Crippen LogP contribution >= 0.6 is 0 Å². The van der Waals surface area contributed by atoms with Crippen molar-refractivity contribution in [3.63, 3.8) is 0 Å². The Labute approximate surface area is 178 Å². The summed E-state index contributed by atoms with van der Waals surface area (Å²) in [6, 6.07) is 16.0. The topological polar surface area (TPSA) is 59.0 Å². The third-order valence-corrected chi connectivity index (χ3v) is 7.16. The lowest BCUT2D eigenvalue weighted by atomic mass is 9.66. The minimum absolute atomic E-state index is 0.194. The number of aryl methyl sites for hydroxylation is 1. The number of methoxy groups -OCH3 is 2.